The van der Waals surface area contributed by atoms with E-state index in [2.05, 4.69) is 60.5 Å². The third-order valence-electron chi connectivity index (χ3n) is 6.67. The predicted molar refractivity (Wildman–Crippen MR) is 142 cm³/mol. The summed E-state index contributed by atoms with van der Waals surface area (Å²) in [6.07, 6.45) is 1.71. The molecule has 35 heavy (non-hydrogen) atoms. The van der Waals surface area contributed by atoms with Gasteiger partial charge in [-0.15, -0.1) is 11.3 Å². The highest BCUT2D eigenvalue weighted by Gasteiger charge is 2.28. The van der Waals surface area contributed by atoms with Crippen LogP contribution in [-0.4, -0.2) is 28.5 Å². The Morgan fingerprint density at radius 2 is 1.71 bits per heavy atom. The van der Waals surface area contributed by atoms with Gasteiger partial charge < -0.3 is 10.2 Å². The number of thiophene rings is 1. The summed E-state index contributed by atoms with van der Waals surface area (Å²) in [5, 5.41) is 5.02. The first-order valence-electron chi connectivity index (χ1n) is 12.1. The van der Waals surface area contributed by atoms with Crippen molar-refractivity contribution in [3.63, 3.8) is 0 Å². The Balaban J connectivity index is 1.38. The lowest BCUT2D eigenvalue weighted by atomic mass is 9.97. The smallest absolute Gasteiger partial charge is 0.273 e. The molecular weight excluding hydrogens is 456 g/mol. The maximum Gasteiger partial charge on any atom is 0.273 e. The molecule has 5 rings (SSSR count). The van der Waals surface area contributed by atoms with Crippen LogP contribution in [0.25, 0.3) is 10.2 Å². The second-order valence-corrected chi connectivity index (χ2v) is 10.3. The van der Waals surface area contributed by atoms with Gasteiger partial charge in [0.1, 0.15) is 4.70 Å². The van der Waals surface area contributed by atoms with Crippen LogP contribution in [-0.2, 0) is 17.9 Å². The quantitative estimate of drug-likeness (QED) is 0.431. The van der Waals surface area contributed by atoms with Crippen molar-refractivity contribution in [1.82, 2.24) is 14.9 Å². The monoisotopic (exact) mass is 486 g/mol. The standard InChI is InChI=1S/C28H30N4O2S/c1-19-5-9-21(10-6-19)16-29-26(33)23-4-3-14-31(18-23)28-30-24-13-15-35-25(24)27(34)32(28)17-22-11-7-20(2)8-12-22/h5-13,15,23H,3-4,14,16-18H2,1-2H3,(H,29,33)/t23-/m0/s1. The zero-order valence-electron chi connectivity index (χ0n) is 20.2. The molecule has 2 aromatic heterocycles. The van der Waals surface area contributed by atoms with Crippen molar-refractivity contribution in [2.75, 3.05) is 18.0 Å². The number of carbonyl (C=O) groups excluding carboxylic acids is 1. The summed E-state index contributed by atoms with van der Waals surface area (Å²) >= 11 is 1.43. The number of hydrogen-bond acceptors (Lipinski definition) is 5. The van der Waals surface area contributed by atoms with Gasteiger partial charge in [0, 0.05) is 19.6 Å². The molecule has 0 bridgehead atoms. The fourth-order valence-electron chi connectivity index (χ4n) is 4.60. The van der Waals surface area contributed by atoms with Crippen LogP contribution in [0.5, 0.6) is 0 Å². The number of nitrogens with zero attached hydrogens (tertiary/aromatic N) is 3. The van der Waals surface area contributed by atoms with Crippen LogP contribution in [0, 0.1) is 19.8 Å². The Hall–Kier alpha value is -3.45. The van der Waals surface area contributed by atoms with E-state index in [0.29, 0.717) is 30.3 Å². The first kappa shape index (κ1) is 23.3. The van der Waals surface area contributed by atoms with Gasteiger partial charge in [-0.2, -0.15) is 0 Å². The van der Waals surface area contributed by atoms with E-state index in [1.165, 1.54) is 22.5 Å². The Bertz CT molecular complexity index is 1390. The van der Waals surface area contributed by atoms with Crippen LogP contribution in [0.4, 0.5) is 5.95 Å². The average molecular weight is 487 g/mol. The zero-order chi connectivity index (χ0) is 24.4. The van der Waals surface area contributed by atoms with Crippen LogP contribution in [0.3, 0.4) is 0 Å². The van der Waals surface area contributed by atoms with Crippen LogP contribution < -0.4 is 15.8 Å². The number of amides is 1. The van der Waals surface area contributed by atoms with Gasteiger partial charge in [0.05, 0.1) is 18.0 Å². The summed E-state index contributed by atoms with van der Waals surface area (Å²) in [7, 11) is 0. The molecule has 6 nitrogen and oxygen atoms in total. The third-order valence-corrected chi connectivity index (χ3v) is 7.56. The van der Waals surface area contributed by atoms with Crippen molar-refractivity contribution in [2.45, 2.75) is 39.8 Å². The number of benzene rings is 2. The van der Waals surface area contributed by atoms with E-state index in [-0.39, 0.29) is 17.4 Å². The molecule has 0 saturated carbocycles. The molecule has 7 heteroatoms. The SMILES string of the molecule is Cc1ccc(CNC(=O)[C@H]2CCCN(c3nc4ccsc4c(=O)n3Cc3ccc(C)cc3)C2)cc1. The summed E-state index contributed by atoms with van der Waals surface area (Å²) < 4.78 is 2.45. The molecule has 0 aliphatic carbocycles. The number of aromatic nitrogens is 2. The lowest BCUT2D eigenvalue weighted by Gasteiger charge is -2.34. The summed E-state index contributed by atoms with van der Waals surface area (Å²) in [5.41, 5.74) is 5.24. The minimum absolute atomic E-state index is 0.0217. The molecule has 4 aromatic rings. The van der Waals surface area contributed by atoms with Gasteiger partial charge in [0.15, 0.2) is 0 Å². The highest BCUT2D eigenvalue weighted by atomic mass is 32.1. The maximum atomic E-state index is 13.5. The van der Waals surface area contributed by atoms with E-state index in [0.717, 1.165) is 36.0 Å². The Morgan fingerprint density at radius 3 is 2.43 bits per heavy atom. The molecule has 1 amide bonds. The fourth-order valence-corrected chi connectivity index (χ4v) is 5.38. The van der Waals surface area contributed by atoms with E-state index >= 15 is 0 Å². The fraction of sp³-hybridized carbons (Fsp3) is 0.321. The lowest BCUT2D eigenvalue weighted by Crippen LogP contribution is -2.45. The Morgan fingerprint density at radius 1 is 1.03 bits per heavy atom. The molecule has 2 aromatic carbocycles. The van der Waals surface area contributed by atoms with Crippen molar-refractivity contribution in [2.24, 2.45) is 5.92 Å². The van der Waals surface area contributed by atoms with Gasteiger partial charge in [-0.3, -0.25) is 14.2 Å². The van der Waals surface area contributed by atoms with Gasteiger partial charge in [0.25, 0.3) is 5.56 Å². The topological polar surface area (TPSA) is 67.2 Å². The molecule has 1 saturated heterocycles. The molecule has 180 valence electrons. The molecule has 1 N–H and O–H groups in total. The maximum absolute atomic E-state index is 13.5. The lowest BCUT2D eigenvalue weighted by molar-refractivity contribution is -0.125. The van der Waals surface area contributed by atoms with Crippen LogP contribution in [0.15, 0.2) is 64.8 Å². The number of rotatable bonds is 6. The molecule has 0 spiro atoms. The summed E-state index contributed by atoms with van der Waals surface area (Å²) in [4.78, 5) is 33.5. The number of nitrogens with one attached hydrogen (secondary N) is 1. The molecule has 1 aliphatic heterocycles. The van der Waals surface area contributed by atoms with Crippen molar-refractivity contribution >= 4 is 33.4 Å². The van der Waals surface area contributed by atoms with Crippen molar-refractivity contribution in [1.29, 1.82) is 0 Å². The van der Waals surface area contributed by atoms with Gasteiger partial charge >= 0.3 is 0 Å². The number of aryl methyl sites for hydroxylation is 2. The molecule has 0 unspecified atom stereocenters. The van der Waals surface area contributed by atoms with Crippen LogP contribution in [0.1, 0.15) is 35.1 Å². The largest absolute Gasteiger partial charge is 0.352 e. The van der Waals surface area contributed by atoms with E-state index in [1.807, 2.05) is 23.6 Å². The molecule has 1 aliphatic rings. The van der Waals surface area contributed by atoms with Gasteiger partial charge in [-0.25, -0.2) is 4.98 Å². The molecule has 0 radical (unpaired) electrons. The third kappa shape index (κ3) is 5.15. The van der Waals surface area contributed by atoms with Crippen molar-refractivity contribution < 1.29 is 4.79 Å². The number of anilines is 1. The zero-order valence-corrected chi connectivity index (χ0v) is 21.0. The molecular formula is C28H30N4O2S. The van der Waals surface area contributed by atoms with Crippen LogP contribution in [0.2, 0.25) is 0 Å². The minimum Gasteiger partial charge on any atom is -0.352 e. The Kier molecular flexibility index (Phi) is 6.68. The second kappa shape index (κ2) is 10.0. The number of fused-ring (bicyclic) bond motifs is 1. The van der Waals surface area contributed by atoms with Crippen molar-refractivity contribution in [3.05, 3.63) is 92.6 Å². The number of hydrogen-bond donors (Lipinski definition) is 1. The highest BCUT2D eigenvalue weighted by molar-refractivity contribution is 7.17. The Labute approximate surface area is 209 Å². The summed E-state index contributed by atoms with van der Waals surface area (Å²) in [6.45, 7) is 6.41. The van der Waals surface area contributed by atoms with E-state index in [4.69, 9.17) is 4.98 Å². The van der Waals surface area contributed by atoms with Crippen LogP contribution >= 0.6 is 11.3 Å². The average Bonchev–Trinajstić information content (AvgIpc) is 3.35. The van der Waals surface area contributed by atoms with E-state index < -0.39 is 0 Å². The second-order valence-electron chi connectivity index (χ2n) is 9.41. The van der Waals surface area contributed by atoms with E-state index in [9.17, 15) is 9.59 Å². The number of carbonyl (C=O) groups is 1. The first-order chi connectivity index (χ1) is 17.0. The normalized spacial score (nSPS) is 15.9. The summed E-state index contributed by atoms with van der Waals surface area (Å²) in [6, 6.07) is 18.4. The van der Waals surface area contributed by atoms with Gasteiger partial charge in [0.2, 0.25) is 11.9 Å². The molecule has 1 fully saturated rings. The highest BCUT2D eigenvalue weighted by Crippen LogP contribution is 2.25. The number of piperidine rings is 1. The predicted octanol–water partition coefficient (Wildman–Crippen LogP) is 4.66. The van der Waals surface area contributed by atoms with Gasteiger partial charge in [-0.1, -0.05) is 59.7 Å². The van der Waals surface area contributed by atoms with Gasteiger partial charge in [-0.05, 0) is 49.3 Å². The minimum atomic E-state index is -0.142. The van der Waals surface area contributed by atoms with Crippen molar-refractivity contribution in [3.8, 4) is 0 Å². The van der Waals surface area contributed by atoms with E-state index in [1.54, 1.807) is 4.57 Å². The molecule has 3 heterocycles. The molecule has 1 atom stereocenters. The first-order valence-corrected chi connectivity index (χ1v) is 13.0. The summed E-state index contributed by atoms with van der Waals surface area (Å²) in [5.74, 6) is 0.564.